The molecule has 4 heteroatoms. The van der Waals surface area contributed by atoms with Gasteiger partial charge in [-0.2, -0.15) is 0 Å². The number of rotatable bonds is 4. The summed E-state index contributed by atoms with van der Waals surface area (Å²) in [5.74, 6) is -0.578. The molecule has 1 aliphatic rings. The molecule has 0 spiro atoms. The van der Waals surface area contributed by atoms with Crippen molar-refractivity contribution in [3.63, 3.8) is 0 Å². The van der Waals surface area contributed by atoms with Crippen LogP contribution in [0.25, 0.3) is 0 Å². The molecule has 2 N–H and O–H groups in total. The van der Waals surface area contributed by atoms with Crippen molar-refractivity contribution < 1.29 is 9.90 Å². The van der Waals surface area contributed by atoms with Crippen molar-refractivity contribution in [2.75, 3.05) is 11.9 Å². The van der Waals surface area contributed by atoms with Crippen LogP contribution in [-0.2, 0) is 4.79 Å². The van der Waals surface area contributed by atoms with Gasteiger partial charge in [-0.3, -0.25) is 4.79 Å². The summed E-state index contributed by atoms with van der Waals surface area (Å²) >= 11 is 5.82. The van der Waals surface area contributed by atoms with Crippen molar-refractivity contribution in [2.24, 2.45) is 11.8 Å². The first-order valence-corrected chi connectivity index (χ1v) is 5.27. The maximum absolute atomic E-state index is 10.6. The Labute approximate surface area is 93.1 Å². The zero-order valence-electron chi connectivity index (χ0n) is 8.11. The molecule has 80 valence electrons. The van der Waals surface area contributed by atoms with Crippen LogP contribution in [0, 0.1) is 11.8 Å². The van der Waals surface area contributed by atoms with E-state index in [4.69, 9.17) is 16.7 Å². The summed E-state index contributed by atoms with van der Waals surface area (Å²) in [6.07, 6.45) is 0.781. The van der Waals surface area contributed by atoms with Gasteiger partial charge in [-0.05, 0) is 30.5 Å². The fourth-order valence-corrected chi connectivity index (χ4v) is 1.81. The summed E-state index contributed by atoms with van der Waals surface area (Å²) in [5, 5.41) is 12.6. The van der Waals surface area contributed by atoms with E-state index in [0.717, 1.165) is 12.1 Å². The van der Waals surface area contributed by atoms with Crippen LogP contribution in [0.4, 0.5) is 5.69 Å². The molecule has 1 saturated carbocycles. The minimum Gasteiger partial charge on any atom is -0.481 e. The zero-order valence-corrected chi connectivity index (χ0v) is 8.87. The van der Waals surface area contributed by atoms with Crippen LogP contribution in [0.5, 0.6) is 0 Å². The standard InChI is InChI=1S/C11H12ClNO2/c12-8-2-1-3-9(5-8)13-6-7-4-10(7)11(14)15/h1-3,5,7,10,13H,4,6H2,(H,14,15). The van der Waals surface area contributed by atoms with Gasteiger partial charge in [0, 0.05) is 17.3 Å². The molecule has 2 rings (SSSR count). The van der Waals surface area contributed by atoms with E-state index in [0.29, 0.717) is 11.6 Å². The molecule has 0 saturated heterocycles. The summed E-state index contributed by atoms with van der Waals surface area (Å²) < 4.78 is 0. The summed E-state index contributed by atoms with van der Waals surface area (Å²) in [6, 6.07) is 7.43. The van der Waals surface area contributed by atoms with E-state index in [-0.39, 0.29) is 11.8 Å². The van der Waals surface area contributed by atoms with E-state index in [1.54, 1.807) is 0 Å². The van der Waals surface area contributed by atoms with Gasteiger partial charge in [-0.1, -0.05) is 17.7 Å². The fraction of sp³-hybridized carbons (Fsp3) is 0.364. The first-order valence-electron chi connectivity index (χ1n) is 4.89. The van der Waals surface area contributed by atoms with Gasteiger partial charge in [0.25, 0.3) is 0 Å². The van der Waals surface area contributed by atoms with Crippen molar-refractivity contribution in [3.8, 4) is 0 Å². The van der Waals surface area contributed by atoms with Gasteiger partial charge in [-0.15, -0.1) is 0 Å². The second-order valence-corrected chi connectivity index (χ2v) is 4.27. The minimum atomic E-state index is -0.687. The molecule has 2 unspecified atom stereocenters. The van der Waals surface area contributed by atoms with Gasteiger partial charge in [0.15, 0.2) is 0 Å². The molecule has 1 aliphatic carbocycles. The number of anilines is 1. The van der Waals surface area contributed by atoms with Crippen molar-refractivity contribution in [1.82, 2.24) is 0 Å². The minimum absolute atomic E-state index is 0.156. The third kappa shape index (κ3) is 2.63. The predicted molar refractivity (Wildman–Crippen MR) is 59.2 cm³/mol. The maximum atomic E-state index is 10.6. The first-order chi connectivity index (χ1) is 7.16. The van der Waals surface area contributed by atoms with Gasteiger partial charge in [0.2, 0.25) is 0 Å². The van der Waals surface area contributed by atoms with Gasteiger partial charge in [-0.25, -0.2) is 0 Å². The van der Waals surface area contributed by atoms with Crippen molar-refractivity contribution >= 4 is 23.3 Å². The zero-order chi connectivity index (χ0) is 10.8. The molecule has 15 heavy (non-hydrogen) atoms. The predicted octanol–water partition coefficient (Wildman–Crippen LogP) is 2.47. The number of aliphatic carboxylic acids is 1. The summed E-state index contributed by atoms with van der Waals surface area (Å²) in [6.45, 7) is 0.706. The Balaban J connectivity index is 1.82. The average molecular weight is 226 g/mol. The smallest absolute Gasteiger partial charge is 0.306 e. The lowest BCUT2D eigenvalue weighted by Crippen LogP contribution is -2.08. The molecule has 1 fully saturated rings. The highest BCUT2D eigenvalue weighted by Gasteiger charge is 2.42. The second-order valence-electron chi connectivity index (χ2n) is 3.83. The van der Waals surface area contributed by atoms with Crippen LogP contribution in [0.3, 0.4) is 0 Å². The van der Waals surface area contributed by atoms with Crippen LogP contribution >= 0.6 is 11.6 Å². The molecule has 3 nitrogen and oxygen atoms in total. The largest absolute Gasteiger partial charge is 0.481 e. The lowest BCUT2D eigenvalue weighted by Gasteiger charge is -2.05. The van der Waals surface area contributed by atoms with E-state index < -0.39 is 5.97 Å². The van der Waals surface area contributed by atoms with E-state index in [1.807, 2.05) is 24.3 Å². The number of carbonyl (C=O) groups is 1. The van der Waals surface area contributed by atoms with Crippen LogP contribution in [0.2, 0.25) is 5.02 Å². The number of hydrogen-bond donors (Lipinski definition) is 2. The van der Waals surface area contributed by atoms with Crippen molar-refractivity contribution in [3.05, 3.63) is 29.3 Å². The topological polar surface area (TPSA) is 49.3 Å². The molecule has 0 aliphatic heterocycles. The normalized spacial score (nSPS) is 23.5. The lowest BCUT2D eigenvalue weighted by atomic mass is 10.3. The Bertz CT molecular complexity index is 381. The molecule has 0 amide bonds. The third-order valence-electron chi connectivity index (χ3n) is 2.63. The van der Waals surface area contributed by atoms with Gasteiger partial charge in [0.1, 0.15) is 0 Å². The second kappa shape index (κ2) is 4.11. The maximum Gasteiger partial charge on any atom is 0.306 e. The first kappa shape index (κ1) is 10.3. The SMILES string of the molecule is O=C(O)C1CC1CNc1cccc(Cl)c1. The Morgan fingerprint density at radius 1 is 1.60 bits per heavy atom. The monoisotopic (exact) mass is 225 g/mol. The number of benzene rings is 1. The van der Waals surface area contributed by atoms with Gasteiger partial charge >= 0.3 is 5.97 Å². The van der Waals surface area contributed by atoms with Crippen molar-refractivity contribution in [2.45, 2.75) is 6.42 Å². The Morgan fingerprint density at radius 2 is 2.40 bits per heavy atom. The number of halogens is 1. The molecule has 0 heterocycles. The lowest BCUT2D eigenvalue weighted by molar-refractivity contribution is -0.138. The molecule has 2 atom stereocenters. The molecule has 1 aromatic rings. The van der Waals surface area contributed by atoms with Crippen LogP contribution in [0.15, 0.2) is 24.3 Å². The molecule has 0 radical (unpaired) electrons. The van der Waals surface area contributed by atoms with Crippen LogP contribution in [-0.4, -0.2) is 17.6 Å². The highest BCUT2D eigenvalue weighted by atomic mass is 35.5. The van der Waals surface area contributed by atoms with Crippen LogP contribution in [0.1, 0.15) is 6.42 Å². The third-order valence-corrected chi connectivity index (χ3v) is 2.87. The quantitative estimate of drug-likeness (QED) is 0.828. The molecule has 0 bridgehead atoms. The Kier molecular flexibility index (Phi) is 2.82. The van der Waals surface area contributed by atoms with E-state index >= 15 is 0 Å². The number of carboxylic acids is 1. The Morgan fingerprint density at radius 3 is 3.00 bits per heavy atom. The van der Waals surface area contributed by atoms with Gasteiger partial charge < -0.3 is 10.4 Å². The molecular weight excluding hydrogens is 214 g/mol. The highest BCUT2D eigenvalue weighted by molar-refractivity contribution is 6.30. The van der Waals surface area contributed by atoms with Crippen LogP contribution < -0.4 is 5.32 Å². The fourth-order valence-electron chi connectivity index (χ4n) is 1.62. The number of nitrogens with one attached hydrogen (secondary N) is 1. The van der Waals surface area contributed by atoms with E-state index in [9.17, 15) is 4.79 Å². The van der Waals surface area contributed by atoms with Crippen molar-refractivity contribution in [1.29, 1.82) is 0 Å². The van der Waals surface area contributed by atoms with Gasteiger partial charge in [0.05, 0.1) is 5.92 Å². The Hall–Kier alpha value is -1.22. The van der Waals surface area contributed by atoms with E-state index in [2.05, 4.69) is 5.32 Å². The molecule has 1 aromatic carbocycles. The van der Waals surface area contributed by atoms with E-state index in [1.165, 1.54) is 0 Å². The molecule has 0 aromatic heterocycles. The molecular formula is C11H12ClNO2. The summed E-state index contributed by atoms with van der Waals surface area (Å²) in [5.41, 5.74) is 0.943. The summed E-state index contributed by atoms with van der Waals surface area (Å²) in [4.78, 5) is 10.6. The summed E-state index contributed by atoms with van der Waals surface area (Å²) in [7, 11) is 0. The highest BCUT2D eigenvalue weighted by Crippen LogP contribution is 2.38. The average Bonchev–Trinajstić information content (AvgIpc) is 2.94. The number of carboxylic acid groups (broad SMARTS) is 1. The number of hydrogen-bond acceptors (Lipinski definition) is 2.